The number of halogens is 5. The number of carbonyl (C=O) groups is 1. The normalized spacial score (nSPS) is 16.1. The molecule has 0 bridgehead atoms. The number of nitrogens with one attached hydrogen (secondary N) is 1. The van der Waals surface area contributed by atoms with Crippen LogP contribution < -0.4 is 14.8 Å². The molecule has 0 saturated carbocycles. The number of fused-ring (bicyclic) bond motifs is 1. The number of anilines is 1. The predicted molar refractivity (Wildman–Crippen MR) is 83.6 cm³/mol. The van der Waals surface area contributed by atoms with Crippen molar-refractivity contribution >= 4 is 23.4 Å². The lowest BCUT2D eigenvalue weighted by Gasteiger charge is -2.12. The summed E-state index contributed by atoms with van der Waals surface area (Å²) in [6, 6.07) is 4.38. The second-order valence-corrected chi connectivity index (χ2v) is 6.61. The van der Waals surface area contributed by atoms with Gasteiger partial charge in [0.2, 0.25) is 5.91 Å². The minimum atomic E-state index is -4.63. The summed E-state index contributed by atoms with van der Waals surface area (Å²) in [5.74, 6) is -1.02. The Labute approximate surface area is 153 Å². The molecule has 1 atom stereocenters. The third kappa shape index (κ3) is 4.56. The summed E-state index contributed by atoms with van der Waals surface area (Å²) in [7, 11) is 0. The van der Waals surface area contributed by atoms with Crippen LogP contribution in [0.2, 0.25) is 0 Å². The summed E-state index contributed by atoms with van der Waals surface area (Å²) in [6.45, 7) is 1.44. The molecule has 2 heterocycles. The number of carbonyl (C=O) groups excluding carboxylic acids is 1. The highest BCUT2D eigenvalue weighted by molar-refractivity contribution is 8.00. The van der Waals surface area contributed by atoms with E-state index in [1.165, 1.54) is 19.1 Å². The summed E-state index contributed by atoms with van der Waals surface area (Å²) in [6.07, 6.45) is -7.46. The third-order valence-electron chi connectivity index (χ3n) is 3.24. The fourth-order valence-corrected chi connectivity index (χ4v) is 2.79. The standard InChI is InChI=1S/C15H10F5N3O3S/c1-7(27-13-21-5-4-11(23-13)14(16,17)18)12(24)22-8-2-3-9-10(6-8)26-15(19,20)25-9/h2-7H,1H3,(H,22,24). The van der Waals surface area contributed by atoms with E-state index in [1.54, 1.807) is 0 Å². The van der Waals surface area contributed by atoms with E-state index in [9.17, 15) is 26.7 Å². The minimum Gasteiger partial charge on any atom is -0.395 e. The van der Waals surface area contributed by atoms with E-state index in [0.29, 0.717) is 11.8 Å². The van der Waals surface area contributed by atoms with E-state index in [4.69, 9.17) is 0 Å². The first-order chi connectivity index (χ1) is 12.5. The van der Waals surface area contributed by atoms with Crippen LogP contribution in [0.3, 0.4) is 0 Å². The van der Waals surface area contributed by atoms with Gasteiger partial charge in [0, 0.05) is 18.0 Å². The Kier molecular flexibility index (Phi) is 4.84. The molecule has 2 aromatic rings. The summed E-state index contributed by atoms with van der Waals surface area (Å²) in [5, 5.41) is 1.36. The molecular weight excluding hydrogens is 397 g/mol. The van der Waals surface area contributed by atoms with Crippen molar-refractivity contribution in [3.8, 4) is 11.5 Å². The minimum absolute atomic E-state index is 0.150. The van der Waals surface area contributed by atoms with E-state index >= 15 is 0 Å². The van der Waals surface area contributed by atoms with Crippen LogP contribution in [0.4, 0.5) is 27.6 Å². The number of hydrogen-bond acceptors (Lipinski definition) is 6. The Morgan fingerprint density at radius 2 is 1.93 bits per heavy atom. The Morgan fingerprint density at radius 3 is 2.63 bits per heavy atom. The van der Waals surface area contributed by atoms with Crippen molar-refractivity contribution in [2.45, 2.75) is 29.8 Å². The third-order valence-corrected chi connectivity index (χ3v) is 4.22. The van der Waals surface area contributed by atoms with Crippen LogP contribution in [-0.4, -0.2) is 27.4 Å². The fraction of sp³-hybridized carbons (Fsp3) is 0.267. The molecule has 1 N–H and O–H groups in total. The highest BCUT2D eigenvalue weighted by atomic mass is 32.2. The molecule has 27 heavy (non-hydrogen) atoms. The Balaban J connectivity index is 1.65. The van der Waals surface area contributed by atoms with Crippen molar-refractivity contribution in [3.05, 3.63) is 36.2 Å². The van der Waals surface area contributed by atoms with Crippen LogP contribution in [0.15, 0.2) is 35.6 Å². The second-order valence-electron chi connectivity index (χ2n) is 5.30. The molecule has 0 spiro atoms. The zero-order valence-electron chi connectivity index (χ0n) is 13.4. The largest absolute Gasteiger partial charge is 0.586 e. The Bertz CT molecular complexity index is 878. The van der Waals surface area contributed by atoms with E-state index in [1.807, 2.05) is 0 Å². The molecule has 0 radical (unpaired) electrons. The smallest absolute Gasteiger partial charge is 0.395 e. The highest BCUT2D eigenvalue weighted by Gasteiger charge is 2.43. The SMILES string of the molecule is CC(Sc1nccc(C(F)(F)F)n1)C(=O)Nc1ccc2c(c1)OC(F)(F)O2. The van der Waals surface area contributed by atoms with E-state index in [-0.39, 0.29) is 22.3 Å². The molecule has 12 heteroatoms. The number of rotatable bonds is 4. The van der Waals surface area contributed by atoms with Gasteiger partial charge < -0.3 is 14.8 Å². The molecule has 1 aromatic carbocycles. The zero-order valence-corrected chi connectivity index (χ0v) is 14.2. The van der Waals surface area contributed by atoms with Gasteiger partial charge in [-0.15, -0.1) is 8.78 Å². The van der Waals surface area contributed by atoms with Gasteiger partial charge >= 0.3 is 12.5 Å². The molecule has 0 aliphatic carbocycles. The quantitative estimate of drug-likeness (QED) is 0.470. The van der Waals surface area contributed by atoms with Crippen molar-refractivity contribution in [1.82, 2.24) is 9.97 Å². The van der Waals surface area contributed by atoms with E-state index < -0.39 is 29.3 Å². The van der Waals surface area contributed by atoms with Gasteiger partial charge in [0.25, 0.3) is 0 Å². The monoisotopic (exact) mass is 407 g/mol. The Morgan fingerprint density at radius 1 is 1.22 bits per heavy atom. The van der Waals surface area contributed by atoms with Crippen molar-refractivity contribution in [2.75, 3.05) is 5.32 Å². The summed E-state index contributed by atoms with van der Waals surface area (Å²) >= 11 is 0.716. The molecule has 1 aliphatic rings. The summed E-state index contributed by atoms with van der Waals surface area (Å²) < 4.78 is 72.5. The average Bonchev–Trinajstić information content (AvgIpc) is 2.87. The van der Waals surface area contributed by atoms with Crippen molar-refractivity contribution < 1.29 is 36.2 Å². The second kappa shape index (κ2) is 6.83. The van der Waals surface area contributed by atoms with E-state index in [0.717, 1.165) is 18.3 Å². The molecule has 0 fully saturated rings. The lowest BCUT2D eigenvalue weighted by molar-refractivity contribution is -0.286. The zero-order chi connectivity index (χ0) is 19.8. The number of ether oxygens (including phenoxy) is 2. The van der Waals surface area contributed by atoms with Crippen LogP contribution >= 0.6 is 11.8 Å². The average molecular weight is 407 g/mol. The van der Waals surface area contributed by atoms with Crippen LogP contribution in [-0.2, 0) is 11.0 Å². The first kappa shape index (κ1) is 19.1. The number of benzene rings is 1. The molecule has 1 unspecified atom stereocenters. The van der Waals surface area contributed by atoms with Gasteiger partial charge in [-0.1, -0.05) is 11.8 Å². The number of nitrogens with zero attached hydrogens (tertiary/aromatic N) is 2. The van der Waals surface area contributed by atoms with Crippen LogP contribution in [0, 0.1) is 0 Å². The van der Waals surface area contributed by atoms with Crippen LogP contribution in [0.5, 0.6) is 11.5 Å². The first-order valence-electron chi connectivity index (χ1n) is 7.31. The number of alkyl halides is 5. The van der Waals surface area contributed by atoms with Gasteiger partial charge in [0.1, 0.15) is 5.69 Å². The molecule has 144 valence electrons. The van der Waals surface area contributed by atoms with E-state index in [2.05, 4.69) is 24.8 Å². The van der Waals surface area contributed by atoms with Gasteiger partial charge in [-0.05, 0) is 25.1 Å². The van der Waals surface area contributed by atoms with Crippen LogP contribution in [0.25, 0.3) is 0 Å². The van der Waals surface area contributed by atoms with Gasteiger partial charge in [-0.25, -0.2) is 9.97 Å². The van der Waals surface area contributed by atoms with Crippen molar-refractivity contribution in [3.63, 3.8) is 0 Å². The number of aromatic nitrogens is 2. The lowest BCUT2D eigenvalue weighted by Crippen LogP contribution is -2.26. The topological polar surface area (TPSA) is 73.3 Å². The van der Waals surface area contributed by atoms with Crippen LogP contribution in [0.1, 0.15) is 12.6 Å². The van der Waals surface area contributed by atoms with Gasteiger partial charge in [0.05, 0.1) is 5.25 Å². The molecule has 6 nitrogen and oxygen atoms in total. The maximum absolute atomic E-state index is 13.0. The Hall–Kier alpha value is -2.63. The van der Waals surface area contributed by atoms with Crippen molar-refractivity contribution in [2.24, 2.45) is 0 Å². The maximum Gasteiger partial charge on any atom is 0.586 e. The number of hydrogen-bond donors (Lipinski definition) is 1. The molecule has 0 saturated heterocycles. The predicted octanol–water partition coefficient (Wildman–Crippen LogP) is 3.94. The van der Waals surface area contributed by atoms with Gasteiger partial charge in [-0.3, -0.25) is 4.79 Å². The molecule has 1 amide bonds. The number of thioether (sulfide) groups is 1. The van der Waals surface area contributed by atoms with Gasteiger partial charge in [0.15, 0.2) is 16.7 Å². The number of amides is 1. The molecule has 1 aromatic heterocycles. The lowest BCUT2D eigenvalue weighted by atomic mass is 10.2. The molecule has 3 rings (SSSR count). The summed E-state index contributed by atoms with van der Waals surface area (Å²) in [4.78, 5) is 19.3. The summed E-state index contributed by atoms with van der Waals surface area (Å²) in [5.41, 5.74) is -0.971. The molecule has 1 aliphatic heterocycles. The maximum atomic E-state index is 13.0. The first-order valence-corrected chi connectivity index (χ1v) is 8.19. The fourth-order valence-electron chi connectivity index (χ4n) is 2.04. The highest BCUT2D eigenvalue weighted by Crippen LogP contribution is 2.42. The van der Waals surface area contributed by atoms with Gasteiger partial charge in [-0.2, -0.15) is 13.2 Å². The molecular formula is C15H10F5N3O3S. The van der Waals surface area contributed by atoms with Crippen molar-refractivity contribution in [1.29, 1.82) is 0 Å².